The zero-order chi connectivity index (χ0) is 24.1. The number of aliphatic hydroxyl groups excluding tert-OH is 1. The average molecular weight is 466 g/mol. The van der Waals surface area contributed by atoms with Crippen LogP contribution in [-0.2, 0) is 6.42 Å². The van der Waals surface area contributed by atoms with E-state index in [1.807, 2.05) is 56.3 Å². The third-order valence-electron chi connectivity index (χ3n) is 6.36. The van der Waals surface area contributed by atoms with Crippen LogP contribution in [0.3, 0.4) is 0 Å². The molecule has 0 saturated heterocycles. The Balaban J connectivity index is 1.71. The Bertz CT molecular complexity index is 1710. The standard InChI is InChI=1S/C27H23N5O3/c1-14-24(15(2)35-32-14)19-12-21-18(13-22(19)34-3)25-26(30-23(9-11-33)31-27(25)29-21)17-8-10-28-20-7-5-4-6-16(17)20/h4-8,10,12-13,33H,9,11H2,1-3H3,(H,29,30,31). The molecule has 8 heteroatoms. The van der Waals surface area contributed by atoms with Crippen molar-refractivity contribution >= 4 is 32.8 Å². The number of pyridine rings is 1. The van der Waals surface area contributed by atoms with Gasteiger partial charge in [0.1, 0.15) is 23.0 Å². The van der Waals surface area contributed by atoms with Crippen LogP contribution in [0.4, 0.5) is 0 Å². The predicted molar refractivity (Wildman–Crippen MR) is 134 cm³/mol. The fourth-order valence-corrected chi connectivity index (χ4v) is 4.81. The van der Waals surface area contributed by atoms with Gasteiger partial charge in [-0.1, -0.05) is 23.4 Å². The van der Waals surface area contributed by atoms with Crippen molar-refractivity contribution < 1.29 is 14.4 Å². The maximum absolute atomic E-state index is 9.60. The number of aryl methyl sites for hydroxylation is 2. The molecule has 0 spiro atoms. The van der Waals surface area contributed by atoms with Gasteiger partial charge in [-0.2, -0.15) is 0 Å². The maximum atomic E-state index is 9.60. The van der Waals surface area contributed by atoms with E-state index >= 15 is 0 Å². The van der Waals surface area contributed by atoms with E-state index in [2.05, 4.69) is 15.1 Å². The lowest BCUT2D eigenvalue weighted by molar-refractivity contribution is 0.297. The number of benzene rings is 2. The van der Waals surface area contributed by atoms with Crippen molar-refractivity contribution in [3.63, 3.8) is 0 Å². The van der Waals surface area contributed by atoms with Gasteiger partial charge in [0.05, 0.1) is 41.6 Å². The fourth-order valence-electron chi connectivity index (χ4n) is 4.81. The summed E-state index contributed by atoms with van der Waals surface area (Å²) in [5.74, 6) is 2.00. The zero-order valence-electron chi connectivity index (χ0n) is 19.6. The van der Waals surface area contributed by atoms with Crippen LogP contribution in [0.1, 0.15) is 17.3 Å². The normalized spacial score (nSPS) is 11.7. The summed E-state index contributed by atoms with van der Waals surface area (Å²) in [6.07, 6.45) is 2.15. The van der Waals surface area contributed by atoms with Crippen molar-refractivity contribution in [3.05, 3.63) is 65.9 Å². The van der Waals surface area contributed by atoms with E-state index in [-0.39, 0.29) is 6.61 Å². The molecule has 2 aromatic carbocycles. The highest BCUT2D eigenvalue weighted by molar-refractivity contribution is 6.15. The van der Waals surface area contributed by atoms with Gasteiger partial charge in [0.25, 0.3) is 0 Å². The Kier molecular flexibility index (Phi) is 4.96. The number of ether oxygens (including phenoxy) is 1. The van der Waals surface area contributed by atoms with Crippen LogP contribution in [0.15, 0.2) is 53.2 Å². The summed E-state index contributed by atoms with van der Waals surface area (Å²) in [6.45, 7) is 3.77. The van der Waals surface area contributed by atoms with E-state index in [1.54, 1.807) is 13.3 Å². The molecule has 0 aliphatic rings. The quantitative estimate of drug-likeness (QED) is 0.363. The molecular formula is C27H23N5O3. The molecule has 35 heavy (non-hydrogen) atoms. The number of aromatic nitrogens is 5. The number of hydrogen-bond acceptors (Lipinski definition) is 7. The predicted octanol–water partition coefficient (Wildman–Crippen LogP) is 5.14. The van der Waals surface area contributed by atoms with Crippen LogP contribution in [0.25, 0.3) is 55.2 Å². The number of H-pyrrole nitrogens is 1. The monoisotopic (exact) mass is 465 g/mol. The Labute approximate surface area is 200 Å². The van der Waals surface area contributed by atoms with E-state index in [9.17, 15) is 5.11 Å². The third-order valence-corrected chi connectivity index (χ3v) is 6.36. The first-order valence-corrected chi connectivity index (χ1v) is 11.4. The van der Waals surface area contributed by atoms with Crippen LogP contribution in [-0.4, -0.2) is 43.9 Å². The van der Waals surface area contributed by atoms with Crippen molar-refractivity contribution in [1.29, 1.82) is 0 Å². The van der Waals surface area contributed by atoms with Gasteiger partial charge in [-0.25, -0.2) is 9.97 Å². The average Bonchev–Trinajstić information content (AvgIpc) is 3.40. The molecule has 4 heterocycles. The van der Waals surface area contributed by atoms with Gasteiger partial charge in [-0.3, -0.25) is 4.98 Å². The Morgan fingerprint density at radius 3 is 2.66 bits per heavy atom. The molecular weight excluding hydrogens is 442 g/mol. The van der Waals surface area contributed by atoms with Gasteiger partial charge < -0.3 is 19.4 Å². The molecule has 4 aromatic heterocycles. The summed E-state index contributed by atoms with van der Waals surface area (Å²) >= 11 is 0. The molecule has 0 atom stereocenters. The molecule has 6 aromatic rings. The minimum atomic E-state index is -0.0354. The minimum absolute atomic E-state index is 0.0354. The molecule has 174 valence electrons. The van der Waals surface area contributed by atoms with Crippen molar-refractivity contribution in [2.75, 3.05) is 13.7 Å². The fraction of sp³-hybridized carbons (Fsp3) is 0.185. The summed E-state index contributed by atoms with van der Waals surface area (Å²) in [5, 5.41) is 16.5. The molecule has 0 amide bonds. The summed E-state index contributed by atoms with van der Waals surface area (Å²) in [7, 11) is 1.66. The smallest absolute Gasteiger partial charge is 0.142 e. The van der Waals surface area contributed by atoms with Crippen molar-refractivity contribution in [2.45, 2.75) is 20.3 Å². The number of rotatable bonds is 5. The van der Waals surface area contributed by atoms with Crippen LogP contribution in [0.5, 0.6) is 5.75 Å². The van der Waals surface area contributed by atoms with Gasteiger partial charge in [0, 0.05) is 40.0 Å². The van der Waals surface area contributed by atoms with E-state index in [0.717, 1.165) is 61.0 Å². The molecule has 2 N–H and O–H groups in total. The summed E-state index contributed by atoms with van der Waals surface area (Å²) in [6, 6.07) is 14.0. The summed E-state index contributed by atoms with van der Waals surface area (Å²) in [4.78, 5) is 17.6. The van der Waals surface area contributed by atoms with E-state index in [4.69, 9.17) is 19.2 Å². The Hall–Kier alpha value is -4.30. The number of nitrogens with zero attached hydrogens (tertiary/aromatic N) is 4. The van der Waals surface area contributed by atoms with E-state index < -0.39 is 0 Å². The van der Waals surface area contributed by atoms with Gasteiger partial charge in [-0.05, 0) is 38.1 Å². The minimum Gasteiger partial charge on any atom is -0.496 e. The lowest BCUT2D eigenvalue weighted by Crippen LogP contribution is -2.01. The van der Waals surface area contributed by atoms with Crippen LogP contribution < -0.4 is 4.74 Å². The first-order valence-electron chi connectivity index (χ1n) is 11.4. The zero-order valence-corrected chi connectivity index (χ0v) is 19.6. The highest BCUT2D eigenvalue weighted by atomic mass is 16.5. The van der Waals surface area contributed by atoms with E-state index in [1.165, 1.54) is 0 Å². The van der Waals surface area contributed by atoms with Crippen LogP contribution >= 0.6 is 0 Å². The van der Waals surface area contributed by atoms with Crippen molar-refractivity contribution in [3.8, 4) is 28.1 Å². The molecule has 0 radical (unpaired) electrons. The van der Waals surface area contributed by atoms with Gasteiger partial charge in [0.15, 0.2) is 0 Å². The molecule has 6 rings (SSSR count). The van der Waals surface area contributed by atoms with Gasteiger partial charge in [0.2, 0.25) is 0 Å². The van der Waals surface area contributed by atoms with Crippen molar-refractivity contribution in [1.82, 2.24) is 25.1 Å². The topological polar surface area (TPSA) is 110 Å². The second-order valence-electron chi connectivity index (χ2n) is 8.48. The Morgan fingerprint density at radius 1 is 1.03 bits per heavy atom. The molecule has 0 unspecified atom stereocenters. The van der Waals surface area contributed by atoms with Crippen LogP contribution in [0, 0.1) is 13.8 Å². The summed E-state index contributed by atoms with van der Waals surface area (Å²) in [5.41, 5.74) is 6.83. The highest BCUT2D eigenvalue weighted by Crippen LogP contribution is 2.42. The lowest BCUT2D eigenvalue weighted by atomic mass is 9.99. The summed E-state index contributed by atoms with van der Waals surface area (Å²) < 4.78 is 11.2. The van der Waals surface area contributed by atoms with Crippen molar-refractivity contribution in [2.24, 2.45) is 0 Å². The molecule has 0 saturated carbocycles. The molecule has 0 aliphatic carbocycles. The first-order chi connectivity index (χ1) is 17.1. The maximum Gasteiger partial charge on any atom is 0.142 e. The number of aromatic amines is 1. The van der Waals surface area contributed by atoms with E-state index in [0.29, 0.717) is 23.6 Å². The van der Waals surface area contributed by atoms with Gasteiger partial charge in [-0.15, -0.1) is 0 Å². The lowest BCUT2D eigenvalue weighted by Gasteiger charge is -2.11. The number of nitrogens with one attached hydrogen (secondary N) is 1. The van der Waals surface area contributed by atoms with Gasteiger partial charge >= 0.3 is 0 Å². The highest BCUT2D eigenvalue weighted by Gasteiger charge is 2.22. The molecule has 8 nitrogen and oxygen atoms in total. The third kappa shape index (κ3) is 3.33. The molecule has 0 fully saturated rings. The number of fused-ring (bicyclic) bond motifs is 4. The second kappa shape index (κ2) is 8.18. The number of para-hydroxylation sites is 1. The Morgan fingerprint density at radius 2 is 1.89 bits per heavy atom. The number of aliphatic hydroxyl groups is 1. The molecule has 0 bridgehead atoms. The second-order valence-corrected chi connectivity index (χ2v) is 8.48. The molecule has 0 aliphatic heterocycles. The number of methoxy groups -OCH3 is 1. The number of hydrogen-bond donors (Lipinski definition) is 2. The van der Waals surface area contributed by atoms with Crippen LogP contribution in [0.2, 0.25) is 0 Å². The first kappa shape index (κ1) is 21.2. The SMILES string of the molecule is COc1cc2c(cc1-c1c(C)noc1C)[nH]c1nc(CCO)nc(-c3ccnc4ccccc34)c12. The largest absolute Gasteiger partial charge is 0.496 e.